The van der Waals surface area contributed by atoms with E-state index in [1.807, 2.05) is 0 Å². The average Bonchev–Trinajstić information content (AvgIpc) is 2.29. The molecule has 0 aromatic carbocycles. The largest absolute Gasteiger partial charge is 0.493 e. The molecular formula is C10H16N2O3S. The zero-order valence-electron chi connectivity index (χ0n) is 9.00. The summed E-state index contributed by atoms with van der Waals surface area (Å²) in [6.45, 7) is 0. The van der Waals surface area contributed by atoms with Crippen LogP contribution in [0.4, 0.5) is 5.82 Å². The van der Waals surface area contributed by atoms with E-state index in [4.69, 9.17) is 10.5 Å². The highest BCUT2D eigenvalue weighted by molar-refractivity contribution is 7.80. The summed E-state index contributed by atoms with van der Waals surface area (Å²) in [4.78, 5) is 3.88. The van der Waals surface area contributed by atoms with Crippen molar-refractivity contribution in [2.75, 3.05) is 18.6 Å². The summed E-state index contributed by atoms with van der Waals surface area (Å²) >= 11 is 3.99. The third-order valence-corrected chi connectivity index (χ3v) is 2.51. The lowest BCUT2D eigenvalue weighted by Gasteiger charge is -2.17. The fourth-order valence-electron chi connectivity index (χ4n) is 1.31. The van der Waals surface area contributed by atoms with Crippen LogP contribution in [0.15, 0.2) is 12.3 Å². The molecule has 0 amide bonds. The molecule has 1 aromatic rings. The predicted molar refractivity (Wildman–Crippen MR) is 64.6 cm³/mol. The first-order valence-electron chi connectivity index (χ1n) is 4.86. The number of pyridine rings is 1. The molecule has 0 saturated carbocycles. The number of hydrogen-bond acceptors (Lipinski definition) is 6. The Morgan fingerprint density at radius 2 is 2.25 bits per heavy atom. The Balaban J connectivity index is 2.87. The topological polar surface area (TPSA) is 88.6 Å². The Morgan fingerprint density at radius 3 is 2.81 bits per heavy atom. The summed E-state index contributed by atoms with van der Waals surface area (Å²) in [5.41, 5.74) is 6.01. The molecule has 0 saturated heterocycles. The number of rotatable bonds is 5. The molecule has 0 aliphatic rings. The molecule has 16 heavy (non-hydrogen) atoms. The minimum Gasteiger partial charge on any atom is -0.493 e. The highest BCUT2D eigenvalue weighted by Crippen LogP contribution is 2.25. The van der Waals surface area contributed by atoms with Crippen molar-refractivity contribution in [1.29, 1.82) is 0 Å². The number of nitrogens with zero attached hydrogens (tertiary/aromatic N) is 1. The van der Waals surface area contributed by atoms with Crippen LogP contribution in [0.1, 0.15) is 18.1 Å². The summed E-state index contributed by atoms with van der Waals surface area (Å²) in [6.07, 6.45) is -0.0527. The van der Waals surface area contributed by atoms with Gasteiger partial charge in [0, 0.05) is 11.8 Å². The van der Waals surface area contributed by atoms with Crippen molar-refractivity contribution in [2.24, 2.45) is 0 Å². The number of aliphatic hydroxyl groups is 2. The molecule has 0 aliphatic heterocycles. The Morgan fingerprint density at radius 1 is 1.56 bits per heavy atom. The van der Waals surface area contributed by atoms with Gasteiger partial charge in [-0.25, -0.2) is 4.98 Å². The van der Waals surface area contributed by atoms with E-state index >= 15 is 0 Å². The van der Waals surface area contributed by atoms with Crippen LogP contribution >= 0.6 is 12.6 Å². The van der Waals surface area contributed by atoms with Gasteiger partial charge >= 0.3 is 0 Å². The van der Waals surface area contributed by atoms with E-state index in [0.717, 1.165) is 0 Å². The fourth-order valence-corrected chi connectivity index (χ4v) is 1.57. The first-order valence-corrected chi connectivity index (χ1v) is 5.49. The van der Waals surface area contributed by atoms with Crippen LogP contribution in [0.2, 0.25) is 0 Å². The van der Waals surface area contributed by atoms with Gasteiger partial charge in [0.2, 0.25) is 0 Å². The minimum absolute atomic E-state index is 0.252. The van der Waals surface area contributed by atoms with Crippen LogP contribution in [-0.2, 0) is 0 Å². The maximum Gasteiger partial charge on any atom is 0.166 e. The Kier molecular flexibility index (Phi) is 4.85. The maximum atomic E-state index is 9.81. The van der Waals surface area contributed by atoms with Crippen LogP contribution in [0.5, 0.6) is 5.75 Å². The van der Waals surface area contributed by atoms with E-state index in [9.17, 15) is 10.2 Å². The predicted octanol–water partition coefficient (Wildman–Crippen LogP) is 0.387. The van der Waals surface area contributed by atoms with Gasteiger partial charge < -0.3 is 20.7 Å². The van der Waals surface area contributed by atoms with Crippen molar-refractivity contribution in [3.05, 3.63) is 17.8 Å². The number of thiol groups is 1. The van der Waals surface area contributed by atoms with Gasteiger partial charge in [-0.15, -0.1) is 0 Å². The Labute approximate surface area is 99.7 Å². The first-order chi connectivity index (χ1) is 7.60. The van der Waals surface area contributed by atoms with Gasteiger partial charge in [-0.3, -0.25) is 0 Å². The van der Waals surface area contributed by atoms with Gasteiger partial charge in [-0.1, -0.05) is 0 Å². The highest BCUT2D eigenvalue weighted by Gasteiger charge is 2.19. The molecular weight excluding hydrogens is 228 g/mol. The molecule has 1 aromatic heterocycles. The lowest BCUT2D eigenvalue weighted by atomic mass is 10.0. The van der Waals surface area contributed by atoms with Gasteiger partial charge in [0.15, 0.2) is 11.6 Å². The van der Waals surface area contributed by atoms with Gasteiger partial charge in [0.1, 0.15) is 6.10 Å². The number of aromatic nitrogens is 1. The molecule has 1 heterocycles. The number of anilines is 1. The second-order valence-corrected chi connectivity index (χ2v) is 3.83. The van der Waals surface area contributed by atoms with E-state index in [1.165, 1.54) is 13.3 Å². The van der Waals surface area contributed by atoms with Crippen LogP contribution < -0.4 is 10.5 Å². The van der Waals surface area contributed by atoms with Crippen molar-refractivity contribution in [3.8, 4) is 5.75 Å². The normalized spacial score (nSPS) is 14.5. The fraction of sp³-hybridized carbons (Fsp3) is 0.500. The quantitative estimate of drug-likeness (QED) is 0.563. The van der Waals surface area contributed by atoms with Crippen LogP contribution in [0, 0.1) is 0 Å². The lowest BCUT2D eigenvalue weighted by molar-refractivity contribution is 0.0169. The molecule has 0 fully saturated rings. The van der Waals surface area contributed by atoms with E-state index in [-0.39, 0.29) is 5.82 Å². The second-order valence-electron chi connectivity index (χ2n) is 3.38. The van der Waals surface area contributed by atoms with E-state index in [0.29, 0.717) is 23.5 Å². The van der Waals surface area contributed by atoms with Crippen molar-refractivity contribution in [3.63, 3.8) is 0 Å². The smallest absolute Gasteiger partial charge is 0.166 e. The molecule has 90 valence electrons. The third-order valence-electron chi connectivity index (χ3n) is 2.25. The summed E-state index contributed by atoms with van der Waals surface area (Å²) in [6, 6.07) is 1.56. The standard InChI is InChI=1S/C10H16N2O3S/c1-15-8-4-6(5-12-10(8)11)9(14)7(13)2-3-16/h4-5,7,9,13-14,16H,2-3H2,1H3,(H2,11,12). The molecule has 0 bridgehead atoms. The number of hydrogen-bond donors (Lipinski definition) is 4. The van der Waals surface area contributed by atoms with Crippen molar-refractivity contribution in [1.82, 2.24) is 4.98 Å². The van der Waals surface area contributed by atoms with Gasteiger partial charge in [0.05, 0.1) is 13.2 Å². The Hall–Kier alpha value is -0.980. The summed E-state index contributed by atoms with van der Waals surface area (Å²) in [5.74, 6) is 1.13. The molecule has 0 radical (unpaired) electrons. The van der Waals surface area contributed by atoms with Crippen molar-refractivity contribution < 1.29 is 14.9 Å². The monoisotopic (exact) mass is 244 g/mol. The highest BCUT2D eigenvalue weighted by atomic mass is 32.1. The number of aliphatic hydroxyl groups excluding tert-OH is 2. The second kappa shape index (κ2) is 5.93. The third kappa shape index (κ3) is 3.01. The number of ether oxygens (including phenoxy) is 1. The van der Waals surface area contributed by atoms with Crippen LogP contribution in [0.3, 0.4) is 0 Å². The minimum atomic E-state index is -1.01. The van der Waals surface area contributed by atoms with Gasteiger partial charge in [0.25, 0.3) is 0 Å². The number of nitrogen functional groups attached to an aromatic ring is 1. The number of nitrogens with two attached hydrogens (primary N) is 1. The molecule has 1 rings (SSSR count). The summed E-state index contributed by atoms with van der Waals surface area (Å²) in [7, 11) is 1.47. The van der Waals surface area contributed by atoms with Crippen molar-refractivity contribution in [2.45, 2.75) is 18.6 Å². The maximum absolute atomic E-state index is 9.81. The summed E-state index contributed by atoms with van der Waals surface area (Å²) < 4.78 is 4.98. The van der Waals surface area contributed by atoms with Gasteiger partial charge in [-0.05, 0) is 18.2 Å². The molecule has 0 aliphatic carbocycles. The van der Waals surface area contributed by atoms with Crippen LogP contribution in [-0.4, -0.2) is 34.2 Å². The van der Waals surface area contributed by atoms with E-state index in [1.54, 1.807) is 6.07 Å². The van der Waals surface area contributed by atoms with Gasteiger partial charge in [-0.2, -0.15) is 12.6 Å². The van der Waals surface area contributed by atoms with E-state index in [2.05, 4.69) is 17.6 Å². The molecule has 0 spiro atoms. The average molecular weight is 244 g/mol. The summed E-state index contributed by atoms with van der Waals surface area (Å²) in [5, 5.41) is 19.4. The number of methoxy groups -OCH3 is 1. The van der Waals surface area contributed by atoms with Crippen molar-refractivity contribution >= 4 is 18.4 Å². The zero-order valence-corrected chi connectivity index (χ0v) is 9.89. The molecule has 5 nitrogen and oxygen atoms in total. The lowest BCUT2D eigenvalue weighted by Crippen LogP contribution is -2.19. The zero-order chi connectivity index (χ0) is 12.1. The first kappa shape index (κ1) is 13.1. The van der Waals surface area contributed by atoms with E-state index < -0.39 is 12.2 Å². The Bertz CT molecular complexity index is 349. The van der Waals surface area contributed by atoms with Crippen LogP contribution in [0.25, 0.3) is 0 Å². The molecule has 4 N–H and O–H groups in total. The SMILES string of the molecule is COc1cc(C(O)C(O)CCS)cnc1N. The molecule has 6 heteroatoms. The molecule has 2 unspecified atom stereocenters. The molecule has 2 atom stereocenters.